The van der Waals surface area contributed by atoms with Gasteiger partial charge >= 0.3 is 5.97 Å². The number of nitrogens with one attached hydrogen (secondary N) is 1. The zero-order valence-corrected chi connectivity index (χ0v) is 20.0. The maximum Gasteiger partial charge on any atom is 0.352 e. The number of hydrogen-bond donors (Lipinski definition) is 1. The number of carbonyl (C=O) groups excluding carboxylic acids is 2. The molecule has 0 aliphatic carbocycles. The van der Waals surface area contributed by atoms with E-state index in [0.29, 0.717) is 18.1 Å². The summed E-state index contributed by atoms with van der Waals surface area (Å²) in [4.78, 5) is 45.9. The molecule has 2 aliphatic heterocycles. The SMILES string of the molecule is CC(=O)OOc1ccc(-c2nc3cc(N4Cc5cc(N6CCCCC6)ccc5C4=O)ccc3[nH]2)cc1. The summed E-state index contributed by atoms with van der Waals surface area (Å²) < 4.78 is 0. The molecule has 8 heteroatoms. The number of benzene rings is 3. The maximum absolute atomic E-state index is 13.2. The van der Waals surface area contributed by atoms with Gasteiger partial charge in [0.05, 0.1) is 17.6 Å². The van der Waals surface area contributed by atoms with Crippen LogP contribution in [0.4, 0.5) is 11.4 Å². The normalized spacial score (nSPS) is 15.3. The lowest BCUT2D eigenvalue weighted by Gasteiger charge is -2.29. The minimum atomic E-state index is -0.519. The van der Waals surface area contributed by atoms with Gasteiger partial charge in [0.2, 0.25) is 0 Å². The van der Waals surface area contributed by atoms with Gasteiger partial charge in [0, 0.05) is 42.5 Å². The fraction of sp³-hybridized carbons (Fsp3) is 0.250. The lowest BCUT2D eigenvalue weighted by Crippen LogP contribution is -2.29. The highest BCUT2D eigenvalue weighted by molar-refractivity contribution is 6.10. The summed E-state index contributed by atoms with van der Waals surface area (Å²) in [5.41, 5.74) is 6.40. The molecule has 0 bridgehead atoms. The zero-order chi connectivity index (χ0) is 24.6. The minimum Gasteiger partial charge on any atom is -0.372 e. The van der Waals surface area contributed by atoms with Crippen molar-refractivity contribution in [1.29, 1.82) is 0 Å². The molecule has 36 heavy (non-hydrogen) atoms. The highest BCUT2D eigenvalue weighted by Crippen LogP contribution is 2.33. The molecule has 4 aromatic rings. The summed E-state index contributed by atoms with van der Waals surface area (Å²) in [6.45, 7) is 3.99. The molecule has 0 atom stereocenters. The van der Waals surface area contributed by atoms with Gasteiger partial charge in [-0.25, -0.2) is 9.78 Å². The zero-order valence-electron chi connectivity index (χ0n) is 20.0. The van der Waals surface area contributed by atoms with Crippen molar-refractivity contribution in [1.82, 2.24) is 9.97 Å². The molecule has 8 nitrogen and oxygen atoms in total. The Labute approximate surface area is 208 Å². The molecule has 0 spiro atoms. The molecule has 1 fully saturated rings. The number of rotatable bonds is 5. The van der Waals surface area contributed by atoms with Crippen LogP contribution in [-0.2, 0) is 16.2 Å². The van der Waals surface area contributed by atoms with E-state index >= 15 is 0 Å². The fourth-order valence-corrected chi connectivity index (χ4v) is 4.94. The molecule has 0 saturated carbocycles. The predicted octanol–water partition coefficient (Wildman–Crippen LogP) is 5.24. The fourth-order valence-electron chi connectivity index (χ4n) is 4.94. The third-order valence-corrected chi connectivity index (χ3v) is 6.78. The van der Waals surface area contributed by atoms with Crippen LogP contribution in [-0.4, -0.2) is 34.9 Å². The first kappa shape index (κ1) is 22.2. The van der Waals surface area contributed by atoms with Crippen molar-refractivity contribution in [3.63, 3.8) is 0 Å². The van der Waals surface area contributed by atoms with Gasteiger partial charge in [-0.3, -0.25) is 14.6 Å². The quantitative estimate of drug-likeness (QED) is 0.309. The second-order valence-electron chi connectivity index (χ2n) is 9.25. The molecule has 1 N–H and O–H groups in total. The number of aromatic nitrogens is 2. The second-order valence-corrected chi connectivity index (χ2v) is 9.25. The van der Waals surface area contributed by atoms with E-state index < -0.39 is 5.97 Å². The first-order valence-corrected chi connectivity index (χ1v) is 12.2. The monoisotopic (exact) mass is 482 g/mol. The van der Waals surface area contributed by atoms with Crippen molar-refractivity contribution in [2.45, 2.75) is 32.7 Å². The Bertz CT molecular complexity index is 1450. The van der Waals surface area contributed by atoms with Crippen LogP contribution in [0.1, 0.15) is 42.1 Å². The minimum absolute atomic E-state index is 0.0219. The standard InChI is InChI=1S/C28H26N4O4/c1-18(33)35-36-23-9-5-19(6-10-23)27-29-25-12-8-22(16-26(25)30-27)32-17-20-15-21(7-11-24(20)28(32)34)31-13-3-2-4-14-31/h5-12,15-16H,2-4,13-14,17H2,1H3,(H,29,30). The summed E-state index contributed by atoms with van der Waals surface area (Å²) in [5, 5.41) is 0. The summed E-state index contributed by atoms with van der Waals surface area (Å²) in [6, 6.07) is 19.2. The number of nitrogens with zero attached hydrogens (tertiary/aromatic N) is 3. The summed E-state index contributed by atoms with van der Waals surface area (Å²) in [5.74, 6) is 0.620. The number of fused-ring (bicyclic) bond motifs is 2. The maximum atomic E-state index is 13.2. The third-order valence-electron chi connectivity index (χ3n) is 6.78. The van der Waals surface area contributed by atoms with Gasteiger partial charge in [0.15, 0.2) is 5.75 Å². The van der Waals surface area contributed by atoms with E-state index in [4.69, 9.17) is 9.87 Å². The molecule has 1 amide bonds. The van der Waals surface area contributed by atoms with Gasteiger partial charge in [0.25, 0.3) is 5.91 Å². The van der Waals surface area contributed by atoms with E-state index in [1.807, 2.05) is 41.3 Å². The van der Waals surface area contributed by atoms with Gasteiger partial charge in [-0.1, -0.05) is 0 Å². The number of imidazole rings is 1. The number of piperidine rings is 1. The van der Waals surface area contributed by atoms with E-state index in [1.165, 1.54) is 31.9 Å². The third kappa shape index (κ3) is 4.15. The Morgan fingerprint density at radius 1 is 0.944 bits per heavy atom. The Hall–Kier alpha value is -4.33. The lowest BCUT2D eigenvalue weighted by atomic mass is 10.1. The Morgan fingerprint density at radius 3 is 2.50 bits per heavy atom. The van der Waals surface area contributed by atoms with Crippen molar-refractivity contribution >= 4 is 34.3 Å². The average molecular weight is 483 g/mol. The smallest absolute Gasteiger partial charge is 0.352 e. The summed E-state index contributed by atoms with van der Waals surface area (Å²) in [7, 11) is 0. The molecule has 0 radical (unpaired) electrons. The van der Waals surface area contributed by atoms with Crippen LogP contribution in [0.25, 0.3) is 22.4 Å². The number of aromatic amines is 1. The molecule has 1 saturated heterocycles. The van der Waals surface area contributed by atoms with Gasteiger partial charge in [-0.15, -0.1) is 0 Å². The second kappa shape index (κ2) is 9.03. The largest absolute Gasteiger partial charge is 0.372 e. The molecular formula is C28H26N4O4. The highest BCUT2D eigenvalue weighted by Gasteiger charge is 2.29. The molecule has 3 aromatic carbocycles. The van der Waals surface area contributed by atoms with Crippen LogP contribution in [0.3, 0.4) is 0 Å². The van der Waals surface area contributed by atoms with E-state index in [1.54, 1.807) is 12.1 Å². The molecule has 0 unspecified atom stereocenters. The first-order chi connectivity index (χ1) is 17.5. The van der Waals surface area contributed by atoms with Crippen molar-refractivity contribution < 1.29 is 19.4 Å². The van der Waals surface area contributed by atoms with E-state index in [9.17, 15) is 9.59 Å². The molecular weight excluding hydrogens is 456 g/mol. The molecule has 6 rings (SSSR count). The van der Waals surface area contributed by atoms with Crippen LogP contribution < -0.4 is 14.7 Å². The Balaban J connectivity index is 1.22. The van der Waals surface area contributed by atoms with E-state index in [0.717, 1.165) is 46.5 Å². The van der Waals surface area contributed by atoms with Gasteiger partial charge in [0.1, 0.15) is 5.82 Å². The lowest BCUT2D eigenvalue weighted by molar-refractivity contribution is -0.210. The van der Waals surface area contributed by atoms with Crippen LogP contribution in [0, 0.1) is 0 Å². The summed E-state index contributed by atoms with van der Waals surface area (Å²) >= 11 is 0. The topological polar surface area (TPSA) is 87.8 Å². The number of amides is 1. The Morgan fingerprint density at radius 2 is 1.72 bits per heavy atom. The van der Waals surface area contributed by atoms with Gasteiger partial charge in [-0.05, 0) is 85.5 Å². The van der Waals surface area contributed by atoms with Crippen LogP contribution in [0.15, 0.2) is 60.7 Å². The van der Waals surface area contributed by atoms with Gasteiger partial charge < -0.3 is 14.8 Å². The predicted molar refractivity (Wildman–Crippen MR) is 137 cm³/mol. The number of hydrogen-bond acceptors (Lipinski definition) is 6. The van der Waals surface area contributed by atoms with Crippen molar-refractivity contribution in [3.05, 3.63) is 71.8 Å². The average Bonchev–Trinajstić information content (AvgIpc) is 3.48. The molecule has 1 aromatic heterocycles. The van der Waals surface area contributed by atoms with Crippen LogP contribution >= 0.6 is 0 Å². The van der Waals surface area contributed by atoms with Crippen molar-refractivity contribution in [3.8, 4) is 17.1 Å². The number of H-pyrrole nitrogens is 1. The van der Waals surface area contributed by atoms with Crippen LogP contribution in [0.5, 0.6) is 5.75 Å². The van der Waals surface area contributed by atoms with Crippen molar-refractivity contribution in [2.75, 3.05) is 22.9 Å². The molecule has 3 heterocycles. The Kier molecular flexibility index (Phi) is 5.56. The van der Waals surface area contributed by atoms with Crippen molar-refractivity contribution in [2.24, 2.45) is 0 Å². The summed E-state index contributed by atoms with van der Waals surface area (Å²) in [6.07, 6.45) is 3.74. The first-order valence-electron chi connectivity index (χ1n) is 12.2. The molecule has 2 aliphatic rings. The van der Waals surface area contributed by atoms with Gasteiger partial charge in [-0.2, -0.15) is 0 Å². The number of carbonyl (C=O) groups is 2. The molecule has 182 valence electrons. The van der Waals surface area contributed by atoms with Crippen LogP contribution in [0.2, 0.25) is 0 Å². The van der Waals surface area contributed by atoms with E-state index in [2.05, 4.69) is 26.9 Å². The van der Waals surface area contributed by atoms with E-state index in [-0.39, 0.29) is 5.91 Å². The highest BCUT2D eigenvalue weighted by atomic mass is 17.2. The number of anilines is 2.